The first-order valence-corrected chi connectivity index (χ1v) is 8.38. The number of rotatable bonds is 0. The van der Waals surface area contributed by atoms with Gasteiger partial charge in [0.1, 0.15) is 0 Å². The molecule has 0 atom stereocenters. The molecule has 0 aliphatic heterocycles. The third-order valence-electron chi connectivity index (χ3n) is 0. The van der Waals surface area contributed by atoms with E-state index in [1.807, 2.05) is 0 Å². The normalized spacial score (nSPS) is 10.5. The Bertz CT molecular complexity index is 487. The Morgan fingerprint density at radius 1 is 0.364 bits per heavy atom. The van der Waals surface area contributed by atoms with E-state index in [0.29, 0.717) is 0 Å². The summed E-state index contributed by atoms with van der Waals surface area (Å²) in [5.74, 6) is 0. The van der Waals surface area contributed by atoms with Crippen molar-refractivity contribution in [2.75, 3.05) is 0 Å². The molecule has 0 aromatic heterocycles. The van der Waals surface area contributed by atoms with E-state index in [-0.39, 0.29) is 62.0 Å². The first-order valence-electron chi connectivity index (χ1n) is 2.79. The van der Waals surface area contributed by atoms with Gasteiger partial charge in [-0.25, -0.2) is 0 Å². The van der Waals surface area contributed by atoms with Gasteiger partial charge in [0.25, 0.3) is 0 Å². The minimum absolute atomic E-state index is 0. The average molecular weight is 440 g/mol. The van der Waals surface area contributed by atoms with Crippen molar-refractivity contribution >= 4 is 41.6 Å². The van der Waals surface area contributed by atoms with Crippen molar-refractivity contribution < 1.29 is 132 Å². The van der Waals surface area contributed by atoms with Crippen molar-refractivity contribution in [3.05, 3.63) is 0 Å². The summed E-state index contributed by atoms with van der Waals surface area (Å²) in [5.41, 5.74) is 0. The molecule has 0 aromatic rings. The van der Waals surface area contributed by atoms with Gasteiger partial charge in [0.15, 0.2) is 0 Å². The zero-order chi connectivity index (χ0) is 18.0. The van der Waals surface area contributed by atoms with Gasteiger partial charge in [-0.1, -0.05) is 0 Å². The monoisotopic (exact) mass is 440 g/mol. The maximum absolute atomic E-state index is 8.74. The molecule has 0 radical (unpaired) electrons. The molecule has 0 unspecified atom stereocenters. The summed E-state index contributed by atoms with van der Waals surface area (Å²) in [7, 11) is -18.7. The van der Waals surface area contributed by atoms with E-state index in [9.17, 15) is 0 Å². The Morgan fingerprint density at radius 2 is 0.364 bits per heavy atom. The van der Waals surface area contributed by atoms with Crippen LogP contribution < -0.4 is 59.1 Å². The van der Waals surface area contributed by atoms with Crippen LogP contribution >= 0.6 is 0 Å². The topological polar surface area (TPSA) is 298 Å². The molecule has 0 aliphatic rings. The SMILES string of the molecule is O=S(=O)(O)O.O=S(=O)(O)O.O=S(=O)(O)O.O=S(=O)(O)O.[H-].[H-].[Na+].[Na+]. The molecule has 16 nitrogen and oxygen atoms in total. The fourth-order valence-corrected chi connectivity index (χ4v) is 0. The molecule has 0 rings (SSSR count). The van der Waals surface area contributed by atoms with Crippen molar-refractivity contribution in [2.45, 2.75) is 0 Å². The van der Waals surface area contributed by atoms with Gasteiger partial charge >= 0.3 is 101 Å². The predicted molar refractivity (Wildman–Crippen MR) is 58.9 cm³/mol. The zero-order valence-electron chi connectivity index (χ0n) is 12.5. The summed E-state index contributed by atoms with van der Waals surface area (Å²) in [5, 5.41) is 0. The second-order valence-electron chi connectivity index (χ2n) is 1.79. The summed E-state index contributed by atoms with van der Waals surface area (Å²) in [6, 6.07) is 0. The van der Waals surface area contributed by atoms with Crippen LogP contribution in [0.2, 0.25) is 0 Å². The van der Waals surface area contributed by atoms with Crippen LogP contribution in [0.3, 0.4) is 0 Å². The fraction of sp³-hybridized carbons (Fsp3) is 0. The molecule has 132 valence electrons. The van der Waals surface area contributed by atoms with E-state index in [0.717, 1.165) is 0 Å². The quantitative estimate of drug-likeness (QED) is 0.128. The summed E-state index contributed by atoms with van der Waals surface area (Å²) >= 11 is 0. The van der Waals surface area contributed by atoms with E-state index < -0.39 is 41.6 Å². The molecule has 22 heteroatoms. The van der Waals surface area contributed by atoms with Crippen LogP contribution in [0.4, 0.5) is 0 Å². The summed E-state index contributed by atoms with van der Waals surface area (Å²) < 4.78 is 126. The van der Waals surface area contributed by atoms with Gasteiger partial charge < -0.3 is 2.85 Å². The number of hydrogen-bond acceptors (Lipinski definition) is 8. The Kier molecular flexibility index (Phi) is 28.2. The minimum Gasteiger partial charge on any atom is -1.00 e. The second kappa shape index (κ2) is 16.0. The summed E-state index contributed by atoms with van der Waals surface area (Å²) in [4.78, 5) is 0. The van der Waals surface area contributed by atoms with E-state index in [1.165, 1.54) is 0 Å². The van der Waals surface area contributed by atoms with E-state index in [2.05, 4.69) is 0 Å². The van der Waals surface area contributed by atoms with Crippen molar-refractivity contribution in [1.29, 1.82) is 0 Å². The molecular weight excluding hydrogens is 430 g/mol. The molecule has 0 aliphatic carbocycles. The van der Waals surface area contributed by atoms with Crippen LogP contribution in [-0.4, -0.2) is 70.1 Å². The first-order chi connectivity index (χ1) is 8.00. The van der Waals surface area contributed by atoms with Gasteiger partial charge in [0.2, 0.25) is 0 Å². The molecule has 0 spiro atoms. The van der Waals surface area contributed by atoms with E-state index in [1.54, 1.807) is 0 Å². The summed E-state index contributed by atoms with van der Waals surface area (Å²) in [6.45, 7) is 0. The molecular formula is H10Na2O16S4. The maximum atomic E-state index is 8.74. The smallest absolute Gasteiger partial charge is 1.00 e. The van der Waals surface area contributed by atoms with Crippen molar-refractivity contribution in [3.63, 3.8) is 0 Å². The third kappa shape index (κ3) is 4110. The van der Waals surface area contributed by atoms with Crippen LogP contribution in [-0.2, 0) is 41.6 Å². The molecule has 0 amide bonds. The van der Waals surface area contributed by atoms with E-state index >= 15 is 0 Å². The van der Waals surface area contributed by atoms with Gasteiger partial charge in [-0.2, -0.15) is 33.7 Å². The fourth-order valence-electron chi connectivity index (χ4n) is 0. The minimum atomic E-state index is -4.67. The van der Waals surface area contributed by atoms with Crippen molar-refractivity contribution in [3.8, 4) is 0 Å². The van der Waals surface area contributed by atoms with Gasteiger partial charge in [-0.15, -0.1) is 0 Å². The molecule has 0 heterocycles. The van der Waals surface area contributed by atoms with Crippen LogP contribution in [0.15, 0.2) is 0 Å². The Labute approximate surface area is 172 Å². The largest absolute Gasteiger partial charge is 1.00 e. The molecule has 0 bridgehead atoms. The standard InChI is InChI=1S/2Na.4H2O4S.2H/c;;4*1-5(2,3)4;;/h;;4*(H2,1,2,3,4);;/q2*+1;;;;;2*-1. The van der Waals surface area contributed by atoms with Gasteiger partial charge in [-0.05, 0) is 0 Å². The maximum Gasteiger partial charge on any atom is 1.00 e. The molecule has 0 aromatic carbocycles. The second-order valence-corrected chi connectivity index (χ2v) is 5.37. The Hall–Kier alpha value is 1.48. The first kappa shape index (κ1) is 38.8. The zero-order valence-corrected chi connectivity index (χ0v) is 17.7. The Morgan fingerprint density at radius 3 is 0.364 bits per heavy atom. The molecule has 0 saturated heterocycles. The molecule has 0 fully saturated rings. The number of hydrogen-bond donors (Lipinski definition) is 8. The molecule has 8 N–H and O–H groups in total. The van der Waals surface area contributed by atoms with Crippen LogP contribution in [0, 0.1) is 0 Å². The summed E-state index contributed by atoms with van der Waals surface area (Å²) in [6.07, 6.45) is 0. The van der Waals surface area contributed by atoms with Crippen LogP contribution in [0.1, 0.15) is 2.85 Å². The predicted octanol–water partition coefficient (Wildman–Crippen LogP) is -8.38. The molecule has 22 heavy (non-hydrogen) atoms. The Balaban J connectivity index is -0.0000000225. The van der Waals surface area contributed by atoms with Gasteiger partial charge in [-0.3, -0.25) is 36.4 Å². The van der Waals surface area contributed by atoms with E-state index in [4.69, 9.17) is 70.1 Å². The average Bonchev–Trinajstić information content (AvgIpc) is 1.62. The molecule has 0 saturated carbocycles. The van der Waals surface area contributed by atoms with Crippen molar-refractivity contribution in [1.82, 2.24) is 0 Å². The van der Waals surface area contributed by atoms with Crippen LogP contribution in [0.25, 0.3) is 0 Å². The van der Waals surface area contributed by atoms with Crippen LogP contribution in [0.5, 0.6) is 0 Å². The van der Waals surface area contributed by atoms with Crippen molar-refractivity contribution in [2.24, 2.45) is 0 Å². The third-order valence-corrected chi connectivity index (χ3v) is 0. The van der Waals surface area contributed by atoms with Gasteiger partial charge in [0, 0.05) is 0 Å². The van der Waals surface area contributed by atoms with Gasteiger partial charge in [0.05, 0.1) is 0 Å².